The van der Waals surface area contributed by atoms with Gasteiger partial charge in [0.15, 0.2) is 23.5 Å². The van der Waals surface area contributed by atoms with Crippen molar-refractivity contribution in [2.24, 2.45) is 11.7 Å². The van der Waals surface area contributed by atoms with Crippen LogP contribution in [0.1, 0.15) is 54.2 Å². The van der Waals surface area contributed by atoms with Crippen molar-refractivity contribution in [3.63, 3.8) is 0 Å². The Hall–Kier alpha value is -3.65. The molecule has 4 rings (SSSR count). The Kier molecular flexibility index (Phi) is 7.14. The zero-order valence-electron chi connectivity index (χ0n) is 20.5. The number of aromatic amines is 1. The zero-order valence-corrected chi connectivity index (χ0v) is 20.5. The summed E-state index contributed by atoms with van der Waals surface area (Å²) < 4.78 is 81.9. The maximum absolute atomic E-state index is 14.6. The number of hydrogen-bond acceptors (Lipinski definition) is 7. The molecule has 38 heavy (non-hydrogen) atoms. The fraction of sp³-hybridized carbons (Fsp3) is 0.417. The van der Waals surface area contributed by atoms with Gasteiger partial charge in [-0.25, -0.2) is 14.4 Å². The number of H-pyrrole nitrogens is 1. The van der Waals surface area contributed by atoms with Crippen LogP contribution in [0.25, 0.3) is 11.0 Å². The number of rotatable bonds is 7. The lowest BCUT2D eigenvalue weighted by Gasteiger charge is -2.32. The summed E-state index contributed by atoms with van der Waals surface area (Å²) in [5.41, 5.74) is 2.60. The molecule has 1 aliphatic rings. The second-order valence-corrected chi connectivity index (χ2v) is 9.06. The first-order chi connectivity index (χ1) is 17.9. The van der Waals surface area contributed by atoms with Crippen molar-refractivity contribution >= 4 is 29.0 Å². The number of ether oxygens (including phenoxy) is 2. The highest BCUT2D eigenvalue weighted by Gasteiger charge is 2.65. The van der Waals surface area contributed by atoms with E-state index in [1.165, 1.54) is 13.0 Å². The van der Waals surface area contributed by atoms with Crippen LogP contribution in [0, 0.1) is 17.6 Å². The molecule has 1 aromatic carbocycles. The molecule has 204 valence electrons. The van der Waals surface area contributed by atoms with Gasteiger partial charge in [0.05, 0.1) is 12.6 Å². The van der Waals surface area contributed by atoms with Gasteiger partial charge in [0, 0.05) is 36.4 Å². The number of anilines is 1. The van der Waals surface area contributed by atoms with Crippen LogP contribution >= 0.6 is 0 Å². The molecule has 2 unspecified atom stereocenters. The van der Waals surface area contributed by atoms with Crippen molar-refractivity contribution in [1.29, 1.82) is 0 Å². The molecular weight excluding hydrogens is 517 g/mol. The number of alkyl halides is 3. The predicted octanol–water partition coefficient (Wildman–Crippen LogP) is 4.16. The van der Waals surface area contributed by atoms with E-state index in [0.717, 1.165) is 26.2 Å². The topological polar surface area (TPSA) is 132 Å². The SMILES string of the molecule is COc1c(C2C(C)[C@](C)(C(F)(F)F)O[C@H]2c2nc3c(C=O)nc(NC(=O)CCN)cc3[nH]2)ccc(F)c1F. The van der Waals surface area contributed by atoms with E-state index in [4.69, 9.17) is 15.2 Å². The van der Waals surface area contributed by atoms with Crippen molar-refractivity contribution in [1.82, 2.24) is 15.0 Å². The predicted molar refractivity (Wildman–Crippen MR) is 125 cm³/mol. The van der Waals surface area contributed by atoms with Gasteiger partial charge in [-0.3, -0.25) is 9.59 Å². The molecule has 0 radical (unpaired) electrons. The minimum Gasteiger partial charge on any atom is -0.493 e. The average Bonchev–Trinajstić information content (AvgIpc) is 3.39. The zero-order chi connectivity index (χ0) is 28.0. The molecule has 0 spiro atoms. The van der Waals surface area contributed by atoms with Gasteiger partial charge in [0.2, 0.25) is 11.7 Å². The lowest BCUT2D eigenvalue weighted by atomic mass is 9.77. The standard InChI is InChI=1S/C24H24F5N5O4/c1-10-17(11-4-5-12(25)18(26)20(11)37-3)21(38-23(10,2)24(27,28)29)22-32-13-8-15(33-16(36)6-7-30)31-14(9-35)19(13)34-22/h4-5,8-10,17,21H,6-7,30H2,1-3H3,(H,32,34)(H,31,33,36)/t10?,17?,21-,23-/m1/s1. The molecule has 1 aliphatic heterocycles. The first-order valence-corrected chi connectivity index (χ1v) is 11.5. The number of benzene rings is 1. The Morgan fingerprint density at radius 2 is 2.03 bits per heavy atom. The summed E-state index contributed by atoms with van der Waals surface area (Å²) in [6.07, 6.45) is -5.92. The maximum Gasteiger partial charge on any atom is 0.417 e. The molecule has 3 aromatic rings. The molecule has 0 saturated carbocycles. The Morgan fingerprint density at radius 3 is 2.63 bits per heavy atom. The molecule has 1 saturated heterocycles. The quantitative estimate of drug-likeness (QED) is 0.302. The van der Waals surface area contributed by atoms with Crippen LogP contribution in [0.15, 0.2) is 18.2 Å². The lowest BCUT2D eigenvalue weighted by molar-refractivity contribution is -0.275. The highest BCUT2D eigenvalue weighted by molar-refractivity contribution is 5.96. The number of aromatic nitrogens is 3. The first-order valence-electron chi connectivity index (χ1n) is 11.5. The Bertz CT molecular complexity index is 1390. The van der Waals surface area contributed by atoms with Crippen LogP contribution in [0.3, 0.4) is 0 Å². The Balaban J connectivity index is 1.88. The van der Waals surface area contributed by atoms with E-state index in [-0.39, 0.29) is 46.9 Å². The third-order valence-electron chi connectivity index (χ3n) is 6.85. The molecule has 4 N–H and O–H groups in total. The summed E-state index contributed by atoms with van der Waals surface area (Å²) in [6, 6.07) is 3.29. The third kappa shape index (κ3) is 4.47. The minimum atomic E-state index is -4.84. The molecule has 4 atom stereocenters. The third-order valence-corrected chi connectivity index (χ3v) is 6.85. The molecule has 14 heteroatoms. The molecule has 1 fully saturated rings. The number of methoxy groups -OCH3 is 1. The van der Waals surface area contributed by atoms with Crippen LogP contribution in [0.2, 0.25) is 0 Å². The molecule has 1 amide bonds. The van der Waals surface area contributed by atoms with Crippen LogP contribution in [-0.2, 0) is 9.53 Å². The molecule has 0 bridgehead atoms. The number of carbonyl (C=O) groups is 2. The number of amides is 1. The van der Waals surface area contributed by atoms with Crippen molar-refractivity contribution in [3.8, 4) is 5.75 Å². The van der Waals surface area contributed by atoms with Gasteiger partial charge in [0.1, 0.15) is 29.0 Å². The van der Waals surface area contributed by atoms with Crippen LogP contribution in [0.5, 0.6) is 5.75 Å². The summed E-state index contributed by atoms with van der Waals surface area (Å²) >= 11 is 0. The summed E-state index contributed by atoms with van der Waals surface area (Å²) in [5.74, 6) is -6.25. The van der Waals surface area contributed by atoms with E-state index in [9.17, 15) is 31.5 Å². The number of nitrogens with zero attached hydrogens (tertiary/aromatic N) is 2. The van der Waals surface area contributed by atoms with Crippen molar-refractivity contribution in [2.45, 2.75) is 44.1 Å². The number of carbonyl (C=O) groups excluding carboxylic acids is 2. The fourth-order valence-corrected chi connectivity index (χ4v) is 4.72. The number of nitrogens with one attached hydrogen (secondary N) is 2. The summed E-state index contributed by atoms with van der Waals surface area (Å²) in [5, 5.41) is 2.48. The largest absolute Gasteiger partial charge is 0.493 e. The Labute approximate surface area is 212 Å². The van der Waals surface area contributed by atoms with Crippen molar-refractivity contribution < 1.29 is 41.0 Å². The maximum atomic E-state index is 14.6. The number of fused-ring (bicyclic) bond motifs is 1. The number of hydrogen-bond donors (Lipinski definition) is 3. The van der Waals surface area contributed by atoms with Crippen LogP contribution in [0.4, 0.5) is 27.8 Å². The normalized spacial score (nSPS) is 23.6. The lowest BCUT2D eigenvalue weighted by Crippen LogP contribution is -2.46. The molecule has 9 nitrogen and oxygen atoms in total. The summed E-state index contributed by atoms with van der Waals surface area (Å²) in [7, 11) is 1.07. The number of nitrogens with two attached hydrogens (primary N) is 1. The van der Waals surface area contributed by atoms with Crippen LogP contribution < -0.4 is 15.8 Å². The van der Waals surface area contributed by atoms with Gasteiger partial charge in [-0.1, -0.05) is 13.0 Å². The van der Waals surface area contributed by atoms with Gasteiger partial charge >= 0.3 is 6.18 Å². The molecule has 2 aromatic heterocycles. The van der Waals surface area contributed by atoms with E-state index in [1.54, 1.807) is 0 Å². The number of imidazole rings is 1. The van der Waals surface area contributed by atoms with E-state index < -0.39 is 53.0 Å². The van der Waals surface area contributed by atoms with Crippen molar-refractivity contribution in [3.05, 3.63) is 46.9 Å². The molecular formula is C24H24F5N5O4. The van der Waals surface area contributed by atoms with Gasteiger partial charge in [-0.05, 0) is 13.0 Å². The van der Waals surface area contributed by atoms with E-state index in [0.29, 0.717) is 6.29 Å². The number of pyridine rings is 1. The summed E-state index contributed by atoms with van der Waals surface area (Å²) in [6.45, 7) is 2.22. The minimum absolute atomic E-state index is 0.00656. The smallest absolute Gasteiger partial charge is 0.417 e. The highest BCUT2D eigenvalue weighted by Crippen LogP contribution is 2.59. The Morgan fingerprint density at radius 1 is 1.32 bits per heavy atom. The first kappa shape index (κ1) is 27.4. The van der Waals surface area contributed by atoms with Crippen LogP contribution in [-0.4, -0.2) is 52.6 Å². The number of halogens is 5. The monoisotopic (exact) mass is 541 g/mol. The van der Waals surface area contributed by atoms with Gasteiger partial charge < -0.3 is 25.5 Å². The van der Waals surface area contributed by atoms with Gasteiger partial charge in [-0.2, -0.15) is 17.6 Å². The molecule has 0 aliphatic carbocycles. The second-order valence-electron chi connectivity index (χ2n) is 9.06. The van der Waals surface area contributed by atoms with Crippen molar-refractivity contribution in [2.75, 3.05) is 19.0 Å². The summed E-state index contributed by atoms with van der Waals surface area (Å²) in [4.78, 5) is 34.8. The number of aldehydes is 1. The average molecular weight is 541 g/mol. The second kappa shape index (κ2) is 9.91. The fourth-order valence-electron chi connectivity index (χ4n) is 4.72. The molecule has 3 heterocycles. The van der Waals surface area contributed by atoms with E-state index >= 15 is 0 Å². The van der Waals surface area contributed by atoms with E-state index in [2.05, 4.69) is 20.3 Å². The highest BCUT2D eigenvalue weighted by atomic mass is 19.4. The van der Waals surface area contributed by atoms with E-state index in [1.807, 2.05) is 0 Å². The van der Waals surface area contributed by atoms with Gasteiger partial charge in [-0.15, -0.1) is 0 Å². The van der Waals surface area contributed by atoms with Gasteiger partial charge in [0.25, 0.3) is 0 Å².